The fourth-order valence-corrected chi connectivity index (χ4v) is 2.62. The molecule has 100 valence electrons. The van der Waals surface area contributed by atoms with E-state index in [9.17, 15) is 0 Å². The van der Waals surface area contributed by atoms with Crippen LogP contribution >= 0.6 is 0 Å². The minimum absolute atomic E-state index is 0. The van der Waals surface area contributed by atoms with Crippen molar-refractivity contribution in [2.45, 2.75) is 87.0 Å². The van der Waals surface area contributed by atoms with Gasteiger partial charge in [0.05, 0.1) is 0 Å². The molecule has 0 aromatic rings. The maximum absolute atomic E-state index is 2.37. The van der Waals surface area contributed by atoms with Gasteiger partial charge in [-0.3, -0.25) is 0 Å². The first kappa shape index (κ1) is 18.4. The number of hydrogen-bond acceptors (Lipinski definition) is 0. The lowest BCUT2D eigenvalue weighted by Gasteiger charge is -2.24. The number of hydrogen-bond donors (Lipinski definition) is 0. The van der Waals surface area contributed by atoms with E-state index in [1.54, 1.807) is 0 Å². The quantitative estimate of drug-likeness (QED) is 0.434. The molecule has 0 unspecified atom stereocenters. The maximum atomic E-state index is 2.37. The van der Waals surface area contributed by atoms with Crippen molar-refractivity contribution < 1.29 is 0 Å². The van der Waals surface area contributed by atoms with Crippen molar-refractivity contribution in [3.8, 4) is 0 Å². The first-order chi connectivity index (χ1) is 7.21. The Hall–Kier alpha value is 0. The molecule has 0 amide bonds. The second-order valence-electron chi connectivity index (χ2n) is 5.11. The summed E-state index contributed by atoms with van der Waals surface area (Å²) in [7, 11) is 0. The van der Waals surface area contributed by atoms with Gasteiger partial charge in [-0.05, 0) is 30.6 Å². The van der Waals surface area contributed by atoms with E-state index >= 15 is 0 Å². The van der Waals surface area contributed by atoms with Gasteiger partial charge in [-0.2, -0.15) is 0 Å². The lowest BCUT2D eigenvalue weighted by atomic mass is 9.82. The molecule has 0 N–H and O–H groups in total. The van der Waals surface area contributed by atoms with E-state index in [0.717, 1.165) is 17.8 Å². The Labute approximate surface area is 105 Å². The van der Waals surface area contributed by atoms with Crippen molar-refractivity contribution in [3.05, 3.63) is 0 Å². The van der Waals surface area contributed by atoms with E-state index in [0.29, 0.717) is 0 Å². The smallest absolute Gasteiger partial charge is 0.0412 e. The third-order valence-corrected chi connectivity index (χ3v) is 4.22. The first-order valence-corrected chi connectivity index (χ1v) is 7.21. The molecule has 0 aliphatic heterocycles. The summed E-state index contributed by atoms with van der Waals surface area (Å²) < 4.78 is 0. The Morgan fingerprint density at radius 3 is 0.938 bits per heavy atom. The molecule has 0 atom stereocenters. The topological polar surface area (TPSA) is 0 Å². The summed E-state index contributed by atoms with van der Waals surface area (Å²) in [6.45, 7) is 11.8. The molecule has 0 aliphatic rings. The highest BCUT2D eigenvalue weighted by atomic mass is 14.2. The monoisotopic (exact) mass is 228 g/mol. The van der Waals surface area contributed by atoms with Crippen molar-refractivity contribution in [1.29, 1.82) is 0 Å². The summed E-state index contributed by atoms with van der Waals surface area (Å²) in [4.78, 5) is 0. The predicted molar refractivity (Wildman–Crippen MR) is 77.9 cm³/mol. The predicted octanol–water partition coefficient (Wildman–Crippen LogP) is 6.30. The van der Waals surface area contributed by atoms with Crippen LogP contribution in [0.1, 0.15) is 87.0 Å². The zero-order chi connectivity index (χ0) is 11.7. The molecular weight excluding hydrogens is 192 g/mol. The summed E-state index contributed by atoms with van der Waals surface area (Å²) in [5, 5.41) is 0. The van der Waals surface area contributed by atoms with Crippen LogP contribution in [0.5, 0.6) is 0 Å². The third kappa shape index (κ3) is 7.30. The molecule has 0 bridgehead atoms. The average molecular weight is 228 g/mol. The Morgan fingerprint density at radius 2 is 0.750 bits per heavy atom. The van der Waals surface area contributed by atoms with E-state index in [-0.39, 0.29) is 7.43 Å². The molecular formula is C16H36. The van der Waals surface area contributed by atoms with Crippen molar-refractivity contribution in [3.63, 3.8) is 0 Å². The van der Waals surface area contributed by atoms with E-state index in [2.05, 4.69) is 34.6 Å². The van der Waals surface area contributed by atoms with Crippen molar-refractivity contribution >= 4 is 0 Å². The van der Waals surface area contributed by atoms with Crippen LogP contribution in [-0.2, 0) is 0 Å². The second kappa shape index (κ2) is 11.5. The van der Waals surface area contributed by atoms with Crippen LogP contribution in [0.25, 0.3) is 0 Å². The molecule has 0 fully saturated rings. The van der Waals surface area contributed by atoms with Crippen molar-refractivity contribution in [2.24, 2.45) is 17.8 Å². The molecule has 0 aliphatic carbocycles. The fraction of sp³-hybridized carbons (Fsp3) is 1.00. The minimum atomic E-state index is 0. The maximum Gasteiger partial charge on any atom is -0.0412 e. The summed E-state index contributed by atoms with van der Waals surface area (Å²) in [6, 6.07) is 0. The molecule has 0 heterocycles. The Morgan fingerprint density at radius 1 is 0.500 bits per heavy atom. The molecule has 0 spiro atoms. The van der Waals surface area contributed by atoms with Gasteiger partial charge in [0.2, 0.25) is 0 Å². The SMILES string of the molecule is C.CCC(CC)CC(CC)CC(CC)CC. The van der Waals surface area contributed by atoms with Crippen molar-refractivity contribution in [2.75, 3.05) is 0 Å². The van der Waals surface area contributed by atoms with Gasteiger partial charge in [0.25, 0.3) is 0 Å². The van der Waals surface area contributed by atoms with Gasteiger partial charge in [0.15, 0.2) is 0 Å². The lowest BCUT2D eigenvalue weighted by molar-refractivity contribution is 0.278. The molecule has 0 heteroatoms. The van der Waals surface area contributed by atoms with Crippen LogP contribution < -0.4 is 0 Å². The van der Waals surface area contributed by atoms with Crippen molar-refractivity contribution in [1.82, 2.24) is 0 Å². The highest BCUT2D eigenvalue weighted by Gasteiger charge is 2.16. The van der Waals surface area contributed by atoms with Crippen LogP contribution in [-0.4, -0.2) is 0 Å². The van der Waals surface area contributed by atoms with Gasteiger partial charge in [-0.15, -0.1) is 0 Å². The van der Waals surface area contributed by atoms with Gasteiger partial charge in [-0.1, -0.05) is 74.1 Å². The Kier molecular flexibility index (Phi) is 13.2. The largest absolute Gasteiger partial charge is 0.0776 e. The van der Waals surface area contributed by atoms with Gasteiger partial charge in [0, 0.05) is 0 Å². The van der Waals surface area contributed by atoms with E-state index in [1.165, 1.54) is 44.9 Å². The Bertz CT molecular complexity index is 106. The highest BCUT2D eigenvalue weighted by Crippen LogP contribution is 2.28. The highest BCUT2D eigenvalue weighted by molar-refractivity contribution is 4.67. The molecule has 0 aromatic carbocycles. The van der Waals surface area contributed by atoms with Gasteiger partial charge >= 0.3 is 0 Å². The van der Waals surface area contributed by atoms with Crippen LogP contribution in [0.2, 0.25) is 0 Å². The zero-order valence-corrected chi connectivity index (χ0v) is 11.7. The van der Waals surface area contributed by atoms with Gasteiger partial charge < -0.3 is 0 Å². The molecule has 0 nitrogen and oxygen atoms in total. The normalized spacial score (nSPS) is 11.2. The average Bonchev–Trinajstić information content (AvgIpc) is 2.30. The van der Waals surface area contributed by atoms with Crippen LogP contribution in [0.15, 0.2) is 0 Å². The zero-order valence-electron chi connectivity index (χ0n) is 11.7. The van der Waals surface area contributed by atoms with Gasteiger partial charge in [0.1, 0.15) is 0 Å². The molecule has 0 saturated heterocycles. The fourth-order valence-electron chi connectivity index (χ4n) is 2.62. The van der Waals surface area contributed by atoms with Crippen LogP contribution in [0, 0.1) is 17.8 Å². The molecule has 0 rings (SSSR count). The standard InChI is InChI=1S/C15H32.CH4/c1-6-13(7-2)11-15(10-5)12-14(8-3)9-4;/h13-15H,6-12H2,1-5H3;1H4. The summed E-state index contributed by atoms with van der Waals surface area (Å²) in [5.41, 5.74) is 0. The first-order valence-electron chi connectivity index (χ1n) is 7.21. The third-order valence-electron chi connectivity index (χ3n) is 4.22. The second-order valence-corrected chi connectivity index (χ2v) is 5.11. The summed E-state index contributed by atoms with van der Waals surface area (Å²) in [6.07, 6.45) is 9.81. The molecule has 16 heavy (non-hydrogen) atoms. The minimum Gasteiger partial charge on any atom is -0.0776 e. The molecule has 0 saturated carbocycles. The van der Waals surface area contributed by atoms with E-state index in [4.69, 9.17) is 0 Å². The summed E-state index contributed by atoms with van der Waals surface area (Å²) in [5.74, 6) is 2.94. The van der Waals surface area contributed by atoms with Crippen LogP contribution in [0.3, 0.4) is 0 Å². The van der Waals surface area contributed by atoms with E-state index in [1.807, 2.05) is 0 Å². The molecule has 0 aromatic heterocycles. The van der Waals surface area contributed by atoms with Gasteiger partial charge in [-0.25, -0.2) is 0 Å². The van der Waals surface area contributed by atoms with E-state index < -0.39 is 0 Å². The number of rotatable bonds is 9. The summed E-state index contributed by atoms with van der Waals surface area (Å²) >= 11 is 0. The molecule has 0 radical (unpaired) electrons. The van der Waals surface area contributed by atoms with Crippen LogP contribution in [0.4, 0.5) is 0 Å². The lowest BCUT2D eigenvalue weighted by Crippen LogP contribution is -2.12. The Balaban J connectivity index is 0.